The molecule has 1 heterocycles. The molecule has 1 aliphatic heterocycles. The molecular weight excluding hydrogens is 393 g/mol. The number of amides is 1. The third-order valence-corrected chi connectivity index (χ3v) is 6.67. The Bertz CT molecular complexity index is 841. The van der Waals surface area contributed by atoms with Gasteiger partial charge in [-0.2, -0.15) is 0 Å². The molecule has 1 amide bonds. The van der Waals surface area contributed by atoms with E-state index in [1.54, 1.807) is 0 Å². The lowest BCUT2D eigenvalue weighted by Gasteiger charge is -2.44. The van der Waals surface area contributed by atoms with Crippen LogP contribution in [0.25, 0.3) is 0 Å². The van der Waals surface area contributed by atoms with Crippen molar-refractivity contribution in [3.63, 3.8) is 0 Å². The Hall–Kier alpha value is -1.71. The Morgan fingerprint density at radius 3 is 2.50 bits per heavy atom. The highest BCUT2D eigenvalue weighted by Crippen LogP contribution is 2.46. The summed E-state index contributed by atoms with van der Waals surface area (Å²) in [4.78, 5) is 12.8. The van der Waals surface area contributed by atoms with Crippen LogP contribution in [0.2, 0.25) is 10.0 Å². The van der Waals surface area contributed by atoms with Gasteiger partial charge >= 0.3 is 0 Å². The van der Waals surface area contributed by atoms with Crippen LogP contribution in [-0.4, -0.2) is 11.5 Å². The summed E-state index contributed by atoms with van der Waals surface area (Å²) in [6, 6.07) is 13.5. The number of nitrogens with one attached hydrogen (secondary N) is 1. The van der Waals surface area contributed by atoms with Gasteiger partial charge in [-0.1, -0.05) is 53.9 Å². The Morgan fingerprint density at radius 1 is 1.04 bits per heavy atom. The largest absolute Gasteiger partial charge is 0.487 e. The second-order valence-electron chi connectivity index (χ2n) is 7.91. The number of rotatable bonds is 4. The number of fused-ring (bicyclic) bond motifs is 1. The van der Waals surface area contributed by atoms with Gasteiger partial charge in [0.2, 0.25) is 5.91 Å². The van der Waals surface area contributed by atoms with Gasteiger partial charge in [0.1, 0.15) is 11.4 Å². The molecule has 3 nitrogen and oxygen atoms in total. The van der Waals surface area contributed by atoms with Crippen molar-refractivity contribution in [2.24, 2.45) is 0 Å². The maximum atomic E-state index is 12.8. The van der Waals surface area contributed by atoms with E-state index < -0.39 is 0 Å². The van der Waals surface area contributed by atoms with Gasteiger partial charge in [-0.25, -0.2) is 0 Å². The van der Waals surface area contributed by atoms with Crippen LogP contribution in [0, 0.1) is 0 Å². The molecule has 5 heteroatoms. The number of ether oxygens (including phenoxy) is 1. The smallest absolute Gasteiger partial charge is 0.220 e. The van der Waals surface area contributed by atoms with E-state index in [0.29, 0.717) is 22.9 Å². The third-order valence-electron chi connectivity index (χ3n) is 5.96. The fourth-order valence-corrected chi connectivity index (χ4v) is 5.11. The summed E-state index contributed by atoms with van der Waals surface area (Å²) >= 11 is 12.5. The second-order valence-corrected chi connectivity index (χ2v) is 8.72. The van der Waals surface area contributed by atoms with Crippen LogP contribution in [0.5, 0.6) is 5.75 Å². The van der Waals surface area contributed by atoms with E-state index in [2.05, 4.69) is 11.4 Å². The zero-order chi connectivity index (χ0) is 19.6. The molecule has 0 aromatic heterocycles. The lowest BCUT2D eigenvalue weighted by molar-refractivity contribution is -0.122. The van der Waals surface area contributed by atoms with E-state index in [1.807, 2.05) is 36.4 Å². The summed E-state index contributed by atoms with van der Waals surface area (Å²) in [7, 11) is 0. The van der Waals surface area contributed by atoms with Crippen molar-refractivity contribution in [1.29, 1.82) is 0 Å². The van der Waals surface area contributed by atoms with Crippen molar-refractivity contribution in [1.82, 2.24) is 5.32 Å². The first-order valence-electron chi connectivity index (χ1n) is 10.1. The van der Waals surface area contributed by atoms with Gasteiger partial charge in [-0.05, 0) is 55.9 Å². The molecule has 4 rings (SSSR count). The van der Waals surface area contributed by atoms with E-state index >= 15 is 0 Å². The second kappa shape index (κ2) is 8.34. The summed E-state index contributed by atoms with van der Waals surface area (Å²) in [5.41, 5.74) is 1.76. The van der Waals surface area contributed by atoms with Crippen molar-refractivity contribution in [3.8, 4) is 5.75 Å². The fourth-order valence-electron chi connectivity index (χ4n) is 4.53. The predicted octanol–water partition coefficient (Wildman–Crippen LogP) is 6.27. The minimum atomic E-state index is -0.142. The summed E-state index contributed by atoms with van der Waals surface area (Å²) in [6.45, 7) is 0. The molecule has 0 bridgehead atoms. The first kappa shape index (κ1) is 19.6. The minimum Gasteiger partial charge on any atom is -0.487 e. The van der Waals surface area contributed by atoms with Crippen LogP contribution in [0.1, 0.15) is 62.1 Å². The SMILES string of the molecule is O=C(CCc1c(Cl)cccc1Cl)N[C@H]1CC2(CCCCC2)Oc2ccccc21. The number of hydrogen-bond acceptors (Lipinski definition) is 2. The van der Waals surface area contributed by atoms with Crippen molar-refractivity contribution in [2.45, 2.75) is 63.0 Å². The lowest BCUT2D eigenvalue weighted by atomic mass is 9.77. The van der Waals surface area contributed by atoms with Crippen LogP contribution in [0.4, 0.5) is 0 Å². The highest BCUT2D eigenvalue weighted by atomic mass is 35.5. The predicted molar refractivity (Wildman–Crippen MR) is 113 cm³/mol. The Morgan fingerprint density at radius 2 is 1.75 bits per heavy atom. The standard InChI is InChI=1S/C23H25Cl2NO2/c24-18-8-6-9-19(25)16(18)11-12-22(27)26-20-15-23(13-4-1-5-14-23)28-21-10-3-2-7-17(20)21/h2-3,6-10,20H,1,4-5,11-15H2,(H,26,27)/t20-/m0/s1. The quantitative estimate of drug-likeness (QED) is 0.636. The molecule has 1 N–H and O–H groups in total. The molecular formula is C23H25Cl2NO2. The van der Waals surface area contributed by atoms with E-state index in [9.17, 15) is 4.79 Å². The normalized spacial score (nSPS) is 20.3. The van der Waals surface area contributed by atoms with Gasteiger partial charge in [0.05, 0.1) is 6.04 Å². The van der Waals surface area contributed by atoms with Gasteiger partial charge < -0.3 is 10.1 Å². The number of benzene rings is 2. The fraction of sp³-hybridized carbons (Fsp3) is 0.435. The van der Waals surface area contributed by atoms with Gasteiger partial charge in [-0.3, -0.25) is 4.79 Å². The van der Waals surface area contributed by atoms with E-state index in [0.717, 1.165) is 36.1 Å². The Balaban J connectivity index is 1.47. The minimum absolute atomic E-state index is 0.0164. The van der Waals surface area contributed by atoms with Crippen molar-refractivity contribution < 1.29 is 9.53 Å². The number of carbonyl (C=O) groups excluding carboxylic acids is 1. The van der Waals surface area contributed by atoms with Crippen molar-refractivity contribution in [3.05, 3.63) is 63.6 Å². The number of hydrogen-bond donors (Lipinski definition) is 1. The Labute approximate surface area is 176 Å². The van der Waals surface area contributed by atoms with Crippen LogP contribution >= 0.6 is 23.2 Å². The van der Waals surface area contributed by atoms with Gasteiger partial charge in [0, 0.05) is 28.5 Å². The lowest BCUT2D eigenvalue weighted by Crippen LogP contribution is -2.46. The monoisotopic (exact) mass is 417 g/mol. The molecule has 2 aromatic rings. The van der Waals surface area contributed by atoms with Gasteiger partial charge in [0.25, 0.3) is 0 Å². The molecule has 0 saturated heterocycles. The summed E-state index contributed by atoms with van der Waals surface area (Å²) in [5.74, 6) is 0.929. The molecule has 1 saturated carbocycles. The zero-order valence-corrected chi connectivity index (χ0v) is 17.4. The highest BCUT2D eigenvalue weighted by molar-refractivity contribution is 6.36. The molecule has 1 aliphatic carbocycles. The summed E-state index contributed by atoms with van der Waals surface area (Å²) in [6.07, 6.45) is 7.48. The first-order chi connectivity index (χ1) is 13.6. The average molecular weight is 418 g/mol. The van der Waals surface area contributed by atoms with Crippen molar-refractivity contribution in [2.75, 3.05) is 0 Å². The molecule has 1 fully saturated rings. The zero-order valence-electron chi connectivity index (χ0n) is 15.8. The van der Waals surface area contributed by atoms with E-state index in [-0.39, 0.29) is 17.6 Å². The van der Waals surface area contributed by atoms with Crippen LogP contribution < -0.4 is 10.1 Å². The Kier molecular flexibility index (Phi) is 5.84. The van der Waals surface area contributed by atoms with Crippen LogP contribution in [0.3, 0.4) is 0 Å². The third kappa shape index (κ3) is 4.16. The van der Waals surface area contributed by atoms with Crippen LogP contribution in [0.15, 0.2) is 42.5 Å². The number of para-hydroxylation sites is 1. The molecule has 2 aromatic carbocycles. The molecule has 1 spiro atoms. The summed E-state index contributed by atoms with van der Waals surface area (Å²) in [5, 5.41) is 4.47. The maximum Gasteiger partial charge on any atom is 0.220 e. The first-order valence-corrected chi connectivity index (χ1v) is 10.8. The van der Waals surface area contributed by atoms with Crippen LogP contribution in [-0.2, 0) is 11.2 Å². The molecule has 148 valence electrons. The number of halogens is 2. The molecule has 0 radical (unpaired) electrons. The van der Waals surface area contributed by atoms with Gasteiger partial charge in [0.15, 0.2) is 0 Å². The molecule has 2 aliphatic rings. The molecule has 0 unspecified atom stereocenters. The van der Waals surface area contributed by atoms with E-state index in [4.69, 9.17) is 27.9 Å². The average Bonchev–Trinajstić information content (AvgIpc) is 2.68. The molecule has 1 atom stereocenters. The molecule has 28 heavy (non-hydrogen) atoms. The topological polar surface area (TPSA) is 38.3 Å². The highest BCUT2D eigenvalue weighted by Gasteiger charge is 2.42. The maximum absolute atomic E-state index is 12.8. The van der Waals surface area contributed by atoms with Crippen molar-refractivity contribution >= 4 is 29.1 Å². The number of carbonyl (C=O) groups is 1. The van der Waals surface area contributed by atoms with E-state index in [1.165, 1.54) is 19.3 Å². The summed E-state index contributed by atoms with van der Waals surface area (Å²) < 4.78 is 6.45. The van der Waals surface area contributed by atoms with Gasteiger partial charge in [-0.15, -0.1) is 0 Å².